The summed E-state index contributed by atoms with van der Waals surface area (Å²) in [7, 11) is 1.36. The van der Waals surface area contributed by atoms with Gasteiger partial charge < -0.3 is 14.5 Å². The van der Waals surface area contributed by atoms with Crippen molar-refractivity contribution in [1.29, 1.82) is 0 Å². The van der Waals surface area contributed by atoms with Gasteiger partial charge in [-0.25, -0.2) is 4.79 Å². The van der Waals surface area contributed by atoms with Crippen molar-refractivity contribution in [3.63, 3.8) is 0 Å². The fourth-order valence-corrected chi connectivity index (χ4v) is 3.54. The monoisotopic (exact) mass is 356 g/mol. The summed E-state index contributed by atoms with van der Waals surface area (Å²) in [5, 5.41) is 2.93. The molecule has 1 aromatic carbocycles. The van der Waals surface area contributed by atoms with Gasteiger partial charge in [0, 0.05) is 13.1 Å². The molecule has 0 radical (unpaired) electrons. The number of ether oxygens (including phenoxy) is 1. The molecule has 1 N–H and O–H groups in total. The van der Waals surface area contributed by atoms with E-state index in [0.717, 1.165) is 19.5 Å². The quantitative estimate of drug-likeness (QED) is 0.834. The minimum atomic E-state index is -1.05. The highest BCUT2D eigenvalue weighted by molar-refractivity contribution is 5.99. The van der Waals surface area contributed by atoms with Crippen LogP contribution in [0.4, 0.5) is 0 Å². The number of carbonyl (C=O) groups is 2. The number of nitrogens with zero attached hydrogens (tertiary/aromatic N) is 1. The van der Waals surface area contributed by atoms with Crippen molar-refractivity contribution >= 4 is 11.9 Å². The lowest BCUT2D eigenvalue weighted by Gasteiger charge is -2.41. The first-order valence-electron chi connectivity index (χ1n) is 8.75. The standard InChI is InChI=1S/C20H24N2O4/c1-15-17(9-12-26-15)18(23)21-20(19(24)25-2)10-6-11-22(14-20)13-16-7-4-3-5-8-16/h3-5,7-9,12H,6,10-11,13-14H2,1-2H3,(H,21,23). The number of carbonyl (C=O) groups excluding carboxylic acids is 2. The summed E-state index contributed by atoms with van der Waals surface area (Å²) in [6, 6.07) is 11.7. The lowest BCUT2D eigenvalue weighted by Crippen LogP contribution is -2.63. The number of hydrogen-bond acceptors (Lipinski definition) is 5. The predicted molar refractivity (Wildman–Crippen MR) is 96.6 cm³/mol. The van der Waals surface area contributed by atoms with Crippen molar-refractivity contribution in [2.45, 2.75) is 31.8 Å². The molecular formula is C20H24N2O4. The summed E-state index contributed by atoms with van der Waals surface area (Å²) in [6.07, 6.45) is 2.82. The van der Waals surface area contributed by atoms with Crippen LogP contribution in [0, 0.1) is 6.92 Å². The number of aryl methyl sites for hydroxylation is 1. The van der Waals surface area contributed by atoms with E-state index in [1.807, 2.05) is 18.2 Å². The van der Waals surface area contributed by atoms with Gasteiger partial charge >= 0.3 is 5.97 Å². The molecular weight excluding hydrogens is 332 g/mol. The van der Waals surface area contributed by atoms with Gasteiger partial charge in [0.25, 0.3) is 5.91 Å². The molecule has 1 aliphatic heterocycles. The molecule has 0 spiro atoms. The zero-order valence-corrected chi connectivity index (χ0v) is 15.2. The number of furan rings is 1. The lowest BCUT2D eigenvalue weighted by atomic mass is 9.88. The smallest absolute Gasteiger partial charge is 0.332 e. The highest BCUT2D eigenvalue weighted by Crippen LogP contribution is 2.25. The number of piperidine rings is 1. The van der Waals surface area contributed by atoms with Crippen molar-refractivity contribution in [3.05, 3.63) is 59.5 Å². The van der Waals surface area contributed by atoms with Crippen molar-refractivity contribution in [1.82, 2.24) is 10.2 Å². The number of hydrogen-bond donors (Lipinski definition) is 1. The molecule has 0 saturated carbocycles. The van der Waals surface area contributed by atoms with Crippen LogP contribution >= 0.6 is 0 Å². The number of benzene rings is 1. The molecule has 1 amide bonds. The summed E-state index contributed by atoms with van der Waals surface area (Å²) in [5.74, 6) is -0.201. The Bertz CT molecular complexity index is 771. The zero-order chi connectivity index (χ0) is 18.6. The molecule has 6 nitrogen and oxygen atoms in total. The Morgan fingerprint density at radius 2 is 2.04 bits per heavy atom. The average Bonchev–Trinajstić information content (AvgIpc) is 3.08. The van der Waals surface area contributed by atoms with Crippen molar-refractivity contribution in [2.75, 3.05) is 20.2 Å². The van der Waals surface area contributed by atoms with Gasteiger partial charge in [-0.3, -0.25) is 9.69 Å². The molecule has 1 aliphatic rings. The Balaban J connectivity index is 1.79. The lowest BCUT2D eigenvalue weighted by molar-refractivity contribution is -0.150. The van der Waals surface area contributed by atoms with Crippen LogP contribution in [-0.2, 0) is 16.1 Å². The normalized spacial score (nSPS) is 20.5. The van der Waals surface area contributed by atoms with Gasteiger partial charge in [0.15, 0.2) is 5.54 Å². The second-order valence-electron chi connectivity index (χ2n) is 6.72. The van der Waals surface area contributed by atoms with Gasteiger partial charge in [-0.2, -0.15) is 0 Å². The van der Waals surface area contributed by atoms with Crippen LogP contribution in [0.25, 0.3) is 0 Å². The molecule has 1 fully saturated rings. The summed E-state index contributed by atoms with van der Waals surface area (Å²) < 4.78 is 10.2. The summed E-state index contributed by atoms with van der Waals surface area (Å²) in [5.41, 5.74) is 0.557. The number of methoxy groups -OCH3 is 1. The Morgan fingerprint density at radius 1 is 1.27 bits per heavy atom. The number of nitrogens with one attached hydrogen (secondary N) is 1. The Morgan fingerprint density at radius 3 is 2.69 bits per heavy atom. The van der Waals surface area contributed by atoms with E-state index in [1.54, 1.807) is 13.0 Å². The van der Waals surface area contributed by atoms with Crippen LogP contribution in [0.1, 0.15) is 34.5 Å². The summed E-state index contributed by atoms with van der Waals surface area (Å²) >= 11 is 0. The van der Waals surface area contributed by atoms with Gasteiger partial charge in [0.1, 0.15) is 5.76 Å². The highest BCUT2D eigenvalue weighted by atomic mass is 16.5. The Labute approximate surface area is 153 Å². The first-order chi connectivity index (χ1) is 12.5. The number of esters is 1. The molecule has 0 bridgehead atoms. The molecule has 0 aliphatic carbocycles. The zero-order valence-electron chi connectivity index (χ0n) is 15.2. The first kappa shape index (κ1) is 18.2. The Kier molecular flexibility index (Phi) is 5.42. The third-order valence-corrected chi connectivity index (χ3v) is 4.85. The van der Waals surface area contributed by atoms with Gasteiger partial charge in [-0.1, -0.05) is 30.3 Å². The van der Waals surface area contributed by atoms with Crippen molar-refractivity contribution in [3.8, 4) is 0 Å². The molecule has 1 aromatic heterocycles. The third kappa shape index (κ3) is 3.80. The van der Waals surface area contributed by atoms with Crippen molar-refractivity contribution < 1.29 is 18.7 Å². The van der Waals surface area contributed by atoms with E-state index < -0.39 is 11.5 Å². The number of likely N-dealkylation sites (tertiary alicyclic amines) is 1. The number of rotatable bonds is 5. The first-order valence-corrected chi connectivity index (χ1v) is 8.75. The number of amides is 1. The molecule has 2 aromatic rings. The van der Waals surface area contributed by atoms with Crippen LogP contribution in [0.5, 0.6) is 0 Å². The molecule has 1 unspecified atom stereocenters. The fourth-order valence-electron chi connectivity index (χ4n) is 3.54. The molecule has 2 heterocycles. The predicted octanol–water partition coefficient (Wildman–Crippen LogP) is 2.53. The van der Waals surface area contributed by atoms with E-state index >= 15 is 0 Å². The minimum absolute atomic E-state index is 0.316. The largest absolute Gasteiger partial charge is 0.469 e. The fraction of sp³-hybridized carbons (Fsp3) is 0.400. The van der Waals surface area contributed by atoms with Gasteiger partial charge in [-0.15, -0.1) is 0 Å². The van der Waals surface area contributed by atoms with Crippen molar-refractivity contribution in [2.24, 2.45) is 0 Å². The molecule has 6 heteroatoms. The Hall–Kier alpha value is -2.60. The van der Waals surface area contributed by atoms with Crippen LogP contribution in [0.2, 0.25) is 0 Å². The van der Waals surface area contributed by atoms with E-state index in [1.165, 1.54) is 18.9 Å². The van der Waals surface area contributed by atoms with E-state index in [4.69, 9.17) is 9.15 Å². The molecule has 3 rings (SSSR count). The third-order valence-electron chi connectivity index (χ3n) is 4.85. The van der Waals surface area contributed by atoms with Gasteiger partial charge in [-0.05, 0) is 37.9 Å². The van der Waals surface area contributed by atoms with E-state index in [-0.39, 0.29) is 5.91 Å². The molecule has 138 valence electrons. The average molecular weight is 356 g/mol. The van der Waals surface area contributed by atoms with E-state index in [2.05, 4.69) is 22.3 Å². The van der Waals surface area contributed by atoms with Crippen LogP contribution < -0.4 is 5.32 Å². The SMILES string of the molecule is COC(=O)C1(NC(=O)c2ccoc2C)CCCN(Cc2ccccc2)C1. The van der Waals surface area contributed by atoms with Gasteiger partial charge in [0.05, 0.1) is 18.9 Å². The second-order valence-corrected chi connectivity index (χ2v) is 6.72. The molecule has 1 saturated heterocycles. The minimum Gasteiger partial charge on any atom is -0.469 e. The maximum Gasteiger partial charge on any atom is 0.332 e. The molecule has 26 heavy (non-hydrogen) atoms. The van der Waals surface area contributed by atoms with E-state index in [0.29, 0.717) is 24.3 Å². The maximum atomic E-state index is 12.7. The van der Waals surface area contributed by atoms with Crippen LogP contribution in [0.15, 0.2) is 47.1 Å². The van der Waals surface area contributed by atoms with Crippen LogP contribution in [0.3, 0.4) is 0 Å². The summed E-state index contributed by atoms with van der Waals surface area (Å²) in [4.78, 5) is 27.5. The highest BCUT2D eigenvalue weighted by Gasteiger charge is 2.45. The van der Waals surface area contributed by atoms with Crippen LogP contribution in [-0.4, -0.2) is 42.5 Å². The molecule has 1 atom stereocenters. The maximum absolute atomic E-state index is 12.7. The second kappa shape index (κ2) is 7.74. The summed E-state index contributed by atoms with van der Waals surface area (Å²) in [6.45, 7) is 3.73. The van der Waals surface area contributed by atoms with Gasteiger partial charge in [0.2, 0.25) is 0 Å². The topological polar surface area (TPSA) is 71.8 Å². The van der Waals surface area contributed by atoms with E-state index in [9.17, 15) is 9.59 Å².